The standard InChI is InChI=1S/C20H20FN3O3/c1-3-13-6-5-7-14(4-2)18(13)22-17(25)12-24-20(26)27-19(23-24)15-8-10-16(21)11-9-15/h5-11H,3-4,12H2,1-2H3,(H,22,25). The minimum absolute atomic E-state index is 0.0380. The fraction of sp³-hybridized carbons (Fsp3) is 0.250. The smallest absolute Gasteiger partial charge is 0.388 e. The average molecular weight is 369 g/mol. The Balaban J connectivity index is 1.79. The Bertz CT molecular complexity index is 984. The fourth-order valence-electron chi connectivity index (χ4n) is 2.83. The van der Waals surface area contributed by atoms with Gasteiger partial charge in [-0.3, -0.25) is 4.79 Å². The van der Waals surface area contributed by atoms with Crippen LogP contribution in [-0.4, -0.2) is 15.7 Å². The van der Waals surface area contributed by atoms with Crippen LogP contribution in [0.3, 0.4) is 0 Å². The summed E-state index contributed by atoms with van der Waals surface area (Å²) in [5.41, 5.74) is 3.30. The van der Waals surface area contributed by atoms with E-state index in [-0.39, 0.29) is 18.3 Å². The Labute approximate surface area is 155 Å². The molecule has 0 saturated heterocycles. The maximum absolute atomic E-state index is 13.0. The first-order chi connectivity index (χ1) is 13.0. The number of nitrogens with one attached hydrogen (secondary N) is 1. The van der Waals surface area contributed by atoms with Crippen molar-refractivity contribution < 1.29 is 13.6 Å². The minimum Gasteiger partial charge on any atom is -0.388 e. The van der Waals surface area contributed by atoms with E-state index in [1.54, 1.807) is 0 Å². The highest BCUT2D eigenvalue weighted by Gasteiger charge is 2.15. The molecule has 6 nitrogen and oxygen atoms in total. The highest BCUT2D eigenvalue weighted by atomic mass is 19.1. The molecule has 0 atom stereocenters. The second-order valence-electron chi connectivity index (χ2n) is 6.04. The fourth-order valence-corrected chi connectivity index (χ4v) is 2.83. The molecule has 0 aliphatic rings. The minimum atomic E-state index is -0.746. The molecule has 0 aliphatic carbocycles. The molecule has 3 rings (SSSR count). The van der Waals surface area contributed by atoms with E-state index in [2.05, 4.69) is 10.4 Å². The average Bonchev–Trinajstić information content (AvgIpc) is 3.02. The molecule has 0 radical (unpaired) electrons. The van der Waals surface area contributed by atoms with Gasteiger partial charge in [0.25, 0.3) is 0 Å². The van der Waals surface area contributed by atoms with Crippen molar-refractivity contribution in [3.8, 4) is 11.5 Å². The van der Waals surface area contributed by atoms with Crippen LogP contribution in [0.15, 0.2) is 51.7 Å². The predicted octanol–water partition coefficient (Wildman–Crippen LogP) is 3.41. The van der Waals surface area contributed by atoms with Gasteiger partial charge in [0.1, 0.15) is 12.4 Å². The third-order valence-corrected chi connectivity index (χ3v) is 4.25. The molecule has 1 aromatic heterocycles. The number of halogens is 1. The molecule has 1 amide bonds. The van der Waals surface area contributed by atoms with Crippen LogP contribution in [0.25, 0.3) is 11.5 Å². The molecule has 0 spiro atoms. The Kier molecular flexibility index (Phi) is 5.49. The summed E-state index contributed by atoms with van der Waals surface area (Å²) in [6.07, 6.45) is 1.56. The number of carbonyl (C=O) groups is 1. The van der Waals surface area contributed by atoms with Gasteiger partial charge in [-0.15, -0.1) is 5.10 Å². The van der Waals surface area contributed by atoms with Gasteiger partial charge in [0.15, 0.2) is 0 Å². The van der Waals surface area contributed by atoms with E-state index in [0.717, 1.165) is 34.3 Å². The first kappa shape index (κ1) is 18.6. The molecule has 0 bridgehead atoms. The molecule has 2 aromatic carbocycles. The van der Waals surface area contributed by atoms with Gasteiger partial charge in [-0.1, -0.05) is 32.0 Å². The molecule has 140 valence electrons. The second-order valence-corrected chi connectivity index (χ2v) is 6.04. The van der Waals surface area contributed by atoms with Crippen LogP contribution in [0, 0.1) is 5.82 Å². The van der Waals surface area contributed by atoms with E-state index in [4.69, 9.17) is 4.42 Å². The first-order valence-corrected chi connectivity index (χ1v) is 8.76. The van der Waals surface area contributed by atoms with Crippen molar-refractivity contribution in [3.63, 3.8) is 0 Å². The van der Waals surface area contributed by atoms with Gasteiger partial charge >= 0.3 is 5.76 Å². The molecule has 3 aromatic rings. The van der Waals surface area contributed by atoms with Crippen molar-refractivity contribution >= 4 is 11.6 Å². The van der Waals surface area contributed by atoms with Gasteiger partial charge in [-0.25, -0.2) is 9.18 Å². The third-order valence-electron chi connectivity index (χ3n) is 4.25. The molecule has 1 N–H and O–H groups in total. The number of aromatic nitrogens is 2. The number of rotatable bonds is 6. The van der Waals surface area contributed by atoms with Gasteiger partial charge in [0, 0.05) is 11.3 Å². The van der Waals surface area contributed by atoms with E-state index >= 15 is 0 Å². The quantitative estimate of drug-likeness (QED) is 0.722. The normalized spacial score (nSPS) is 10.8. The van der Waals surface area contributed by atoms with E-state index in [1.165, 1.54) is 24.3 Å². The lowest BCUT2D eigenvalue weighted by Gasteiger charge is -2.14. The zero-order valence-corrected chi connectivity index (χ0v) is 15.2. The lowest BCUT2D eigenvalue weighted by atomic mass is 10.0. The lowest BCUT2D eigenvalue weighted by molar-refractivity contribution is -0.117. The molecular weight excluding hydrogens is 349 g/mol. The molecule has 0 aliphatic heterocycles. The van der Waals surface area contributed by atoms with E-state index < -0.39 is 11.6 Å². The lowest BCUT2D eigenvalue weighted by Crippen LogP contribution is -2.26. The number of anilines is 1. The van der Waals surface area contributed by atoms with Gasteiger partial charge in [-0.05, 0) is 48.2 Å². The number of amides is 1. The molecular formula is C20H20FN3O3. The number of para-hydroxylation sites is 1. The van der Waals surface area contributed by atoms with Crippen molar-refractivity contribution in [1.29, 1.82) is 0 Å². The van der Waals surface area contributed by atoms with Crippen LogP contribution in [0.2, 0.25) is 0 Å². The summed E-state index contributed by atoms with van der Waals surface area (Å²) in [4.78, 5) is 24.5. The van der Waals surface area contributed by atoms with Crippen LogP contribution in [-0.2, 0) is 24.2 Å². The largest absolute Gasteiger partial charge is 0.437 e. The predicted molar refractivity (Wildman–Crippen MR) is 100.0 cm³/mol. The van der Waals surface area contributed by atoms with Crippen LogP contribution in [0.1, 0.15) is 25.0 Å². The van der Waals surface area contributed by atoms with Crippen molar-refractivity contribution in [3.05, 3.63) is 70.0 Å². The van der Waals surface area contributed by atoms with Gasteiger partial charge < -0.3 is 9.73 Å². The van der Waals surface area contributed by atoms with Gasteiger partial charge in [-0.2, -0.15) is 4.68 Å². The highest BCUT2D eigenvalue weighted by molar-refractivity contribution is 5.92. The number of aryl methyl sites for hydroxylation is 2. The topological polar surface area (TPSA) is 77.1 Å². The molecule has 0 unspecified atom stereocenters. The summed E-state index contributed by atoms with van der Waals surface area (Å²) in [6, 6.07) is 11.3. The summed E-state index contributed by atoms with van der Waals surface area (Å²) in [5.74, 6) is -1.48. The maximum atomic E-state index is 13.0. The van der Waals surface area contributed by atoms with Crippen LogP contribution in [0.4, 0.5) is 10.1 Å². The van der Waals surface area contributed by atoms with E-state index in [0.29, 0.717) is 5.56 Å². The van der Waals surface area contributed by atoms with E-state index in [1.807, 2.05) is 32.0 Å². The molecule has 27 heavy (non-hydrogen) atoms. The Morgan fingerprint density at radius 1 is 1.11 bits per heavy atom. The summed E-state index contributed by atoms with van der Waals surface area (Å²) in [5, 5.41) is 6.91. The SMILES string of the molecule is CCc1cccc(CC)c1NC(=O)Cn1nc(-c2ccc(F)cc2)oc1=O. The number of carbonyl (C=O) groups excluding carboxylic acids is 1. The second kappa shape index (κ2) is 7.99. The van der Waals surface area contributed by atoms with Crippen LogP contribution < -0.4 is 11.1 Å². The van der Waals surface area contributed by atoms with Crippen LogP contribution >= 0.6 is 0 Å². The number of benzene rings is 2. The van der Waals surface area contributed by atoms with Crippen molar-refractivity contribution in [2.75, 3.05) is 5.32 Å². The van der Waals surface area contributed by atoms with E-state index in [9.17, 15) is 14.0 Å². The van der Waals surface area contributed by atoms with Gasteiger partial charge in [0.05, 0.1) is 0 Å². The highest BCUT2D eigenvalue weighted by Crippen LogP contribution is 2.22. The van der Waals surface area contributed by atoms with Crippen molar-refractivity contribution in [1.82, 2.24) is 9.78 Å². The number of nitrogens with zero attached hydrogens (tertiary/aromatic N) is 2. The molecule has 0 saturated carbocycles. The summed E-state index contributed by atoms with van der Waals surface area (Å²) in [6.45, 7) is 3.76. The Morgan fingerprint density at radius 3 is 2.33 bits per heavy atom. The summed E-state index contributed by atoms with van der Waals surface area (Å²) < 4.78 is 19.0. The monoisotopic (exact) mass is 369 g/mol. The molecule has 0 fully saturated rings. The number of hydrogen-bond acceptors (Lipinski definition) is 4. The molecule has 1 heterocycles. The van der Waals surface area contributed by atoms with Crippen LogP contribution in [0.5, 0.6) is 0 Å². The summed E-state index contributed by atoms with van der Waals surface area (Å²) in [7, 11) is 0. The third kappa shape index (κ3) is 4.13. The Morgan fingerprint density at radius 2 is 1.74 bits per heavy atom. The Hall–Kier alpha value is -3.22. The zero-order chi connectivity index (χ0) is 19.4. The van der Waals surface area contributed by atoms with Gasteiger partial charge in [0.2, 0.25) is 11.8 Å². The zero-order valence-electron chi connectivity index (χ0n) is 15.2. The summed E-state index contributed by atoms with van der Waals surface area (Å²) >= 11 is 0. The van der Waals surface area contributed by atoms with Crippen molar-refractivity contribution in [2.24, 2.45) is 0 Å². The first-order valence-electron chi connectivity index (χ1n) is 8.76. The number of hydrogen-bond donors (Lipinski definition) is 1. The maximum Gasteiger partial charge on any atom is 0.437 e. The van der Waals surface area contributed by atoms with Crippen molar-refractivity contribution in [2.45, 2.75) is 33.2 Å². The molecule has 7 heteroatoms.